The maximum Gasteiger partial charge on any atom is 0.320 e. The summed E-state index contributed by atoms with van der Waals surface area (Å²) in [5.41, 5.74) is 4.63. The third kappa shape index (κ3) is 4.10. The minimum absolute atomic E-state index is 0.248. The molecule has 0 saturated heterocycles. The highest BCUT2D eigenvalue weighted by atomic mass is 16.4. The molecule has 0 aliphatic rings. The first-order valence-electron chi connectivity index (χ1n) is 9.74. The summed E-state index contributed by atoms with van der Waals surface area (Å²) in [6.45, 7) is 0. The van der Waals surface area contributed by atoms with Gasteiger partial charge in [0.2, 0.25) is 5.89 Å². The van der Waals surface area contributed by atoms with Crippen molar-refractivity contribution in [3.05, 3.63) is 78.9 Å². The molecular weight excluding hydrogens is 408 g/mol. The molecule has 3 heterocycles. The summed E-state index contributed by atoms with van der Waals surface area (Å²) in [6.07, 6.45) is 6.76. The van der Waals surface area contributed by atoms with Crippen LogP contribution in [0.5, 0.6) is 0 Å². The molecule has 3 N–H and O–H groups in total. The number of hydrogen-bond donors (Lipinski definition) is 3. The van der Waals surface area contributed by atoms with Crippen LogP contribution in [0.1, 0.15) is 10.4 Å². The Balaban J connectivity index is 1.28. The number of rotatable bonds is 6. The van der Waals surface area contributed by atoms with Gasteiger partial charge in [-0.3, -0.25) is 14.6 Å². The molecule has 0 unspecified atom stereocenters. The number of aromatic amines is 1. The molecule has 0 fully saturated rings. The van der Waals surface area contributed by atoms with Crippen molar-refractivity contribution >= 4 is 23.3 Å². The highest BCUT2D eigenvalue weighted by molar-refractivity contribution is 6.04. The zero-order valence-electron chi connectivity index (χ0n) is 17.0. The van der Waals surface area contributed by atoms with Crippen LogP contribution in [0.25, 0.3) is 22.6 Å². The van der Waals surface area contributed by atoms with Gasteiger partial charge in [0, 0.05) is 41.9 Å². The van der Waals surface area contributed by atoms with Gasteiger partial charge in [-0.25, -0.2) is 0 Å². The molecule has 5 aromatic rings. The highest BCUT2D eigenvalue weighted by Crippen LogP contribution is 2.26. The van der Waals surface area contributed by atoms with Crippen molar-refractivity contribution in [2.45, 2.75) is 0 Å². The average molecular weight is 426 g/mol. The van der Waals surface area contributed by atoms with E-state index in [0.29, 0.717) is 22.7 Å². The molecule has 0 bridgehead atoms. The van der Waals surface area contributed by atoms with Gasteiger partial charge in [0.05, 0.1) is 18.0 Å². The number of aromatic nitrogens is 6. The largest absolute Gasteiger partial charge is 0.403 e. The predicted molar refractivity (Wildman–Crippen MR) is 118 cm³/mol. The number of carbonyl (C=O) groups excluding carboxylic acids is 1. The number of nitrogens with one attached hydrogen (secondary N) is 3. The van der Waals surface area contributed by atoms with E-state index in [1.165, 1.54) is 6.20 Å². The van der Waals surface area contributed by atoms with Gasteiger partial charge in [-0.2, -0.15) is 10.2 Å². The lowest BCUT2D eigenvalue weighted by Gasteiger charge is -2.05. The van der Waals surface area contributed by atoms with E-state index in [1.54, 1.807) is 42.3 Å². The molecule has 158 valence electrons. The predicted octanol–water partition coefficient (Wildman–Crippen LogP) is 3.86. The first-order chi connectivity index (χ1) is 15.6. The second-order valence-corrected chi connectivity index (χ2v) is 7.04. The summed E-state index contributed by atoms with van der Waals surface area (Å²) in [5, 5.41) is 24.9. The van der Waals surface area contributed by atoms with E-state index in [9.17, 15) is 4.79 Å². The van der Waals surface area contributed by atoms with Crippen molar-refractivity contribution in [3.63, 3.8) is 0 Å². The summed E-state index contributed by atoms with van der Waals surface area (Å²) in [6, 6.07) is 15.2. The minimum Gasteiger partial charge on any atom is -0.403 e. The molecular formula is C22H18N8O2. The first kappa shape index (κ1) is 19.2. The van der Waals surface area contributed by atoms with E-state index < -0.39 is 0 Å². The van der Waals surface area contributed by atoms with E-state index in [0.717, 1.165) is 16.8 Å². The van der Waals surface area contributed by atoms with E-state index in [4.69, 9.17) is 4.42 Å². The molecule has 5 rings (SSSR count). The van der Waals surface area contributed by atoms with Crippen LogP contribution in [0.2, 0.25) is 0 Å². The quantitative estimate of drug-likeness (QED) is 0.376. The summed E-state index contributed by atoms with van der Waals surface area (Å²) in [4.78, 5) is 12.4. The number of amides is 1. The van der Waals surface area contributed by atoms with Crippen molar-refractivity contribution in [1.82, 2.24) is 30.2 Å². The molecule has 32 heavy (non-hydrogen) atoms. The molecule has 0 radical (unpaired) electrons. The van der Waals surface area contributed by atoms with E-state index in [1.807, 2.05) is 36.5 Å². The Morgan fingerprint density at radius 2 is 1.88 bits per heavy atom. The van der Waals surface area contributed by atoms with E-state index in [-0.39, 0.29) is 11.9 Å². The third-order valence-electron chi connectivity index (χ3n) is 4.73. The SMILES string of the molecule is Cn1cc(C(=O)Nc2cccc(-c3nnc(Nc4ccc(-c5cn[nH]c5)cc4)o3)c2)cn1. The second kappa shape index (κ2) is 8.19. The zero-order chi connectivity index (χ0) is 21.9. The molecule has 10 heteroatoms. The Kier molecular flexibility index (Phi) is 4.92. The van der Waals surface area contributed by atoms with Crippen LogP contribution in [0.4, 0.5) is 17.4 Å². The molecule has 3 aromatic heterocycles. The normalized spacial score (nSPS) is 10.8. The number of H-pyrrole nitrogens is 1. The maximum atomic E-state index is 12.4. The summed E-state index contributed by atoms with van der Waals surface area (Å²) >= 11 is 0. The summed E-state index contributed by atoms with van der Waals surface area (Å²) < 4.78 is 7.32. The Morgan fingerprint density at radius 1 is 1.00 bits per heavy atom. The monoisotopic (exact) mass is 426 g/mol. The zero-order valence-corrected chi connectivity index (χ0v) is 17.0. The van der Waals surface area contributed by atoms with Crippen molar-refractivity contribution in [1.29, 1.82) is 0 Å². The maximum absolute atomic E-state index is 12.4. The van der Waals surface area contributed by atoms with Crippen molar-refractivity contribution in [2.24, 2.45) is 7.05 Å². The van der Waals surface area contributed by atoms with Gasteiger partial charge in [-0.15, -0.1) is 5.10 Å². The standard InChI is InChI=1S/C22H18N8O2/c1-30-13-17(12-25-30)20(31)26-19-4-2-3-15(9-19)21-28-29-22(32-21)27-18-7-5-14(6-8-18)16-10-23-24-11-16/h2-13H,1H3,(H,23,24)(H,26,31)(H,27,29). The minimum atomic E-state index is -0.248. The first-order valence-corrected chi connectivity index (χ1v) is 9.74. The molecule has 1 amide bonds. The van der Waals surface area contributed by atoms with Crippen LogP contribution < -0.4 is 10.6 Å². The van der Waals surface area contributed by atoms with Crippen LogP contribution in [0, 0.1) is 0 Å². The second-order valence-electron chi connectivity index (χ2n) is 7.04. The fourth-order valence-corrected chi connectivity index (χ4v) is 3.14. The van der Waals surface area contributed by atoms with Crippen LogP contribution in [-0.4, -0.2) is 36.1 Å². The number of benzene rings is 2. The lowest BCUT2D eigenvalue weighted by molar-refractivity contribution is 0.102. The molecule has 0 aliphatic carbocycles. The van der Waals surface area contributed by atoms with E-state index >= 15 is 0 Å². The fraction of sp³-hybridized carbons (Fsp3) is 0.0455. The Bertz CT molecular complexity index is 1350. The average Bonchev–Trinajstić information content (AvgIpc) is 3.57. The number of nitrogens with zero attached hydrogens (tertiary/aromatic N) is 5. The van der Waals surface area contributed by atoms with Crippen LogP contribution >= 0.6 is 0 Å². The van der Waals surface area contributed by atoms with Gasteiger partial charge in [-0.05, 0) is 35.9 Å². The number of anilines is 3. The highest BCUT2D eigenvalue weighted by Gasteiger charge is 2.12. The van der Waals surface area contributed by atoms with Crippen molar-refractivity contribution < 1.29 is 9.21 Å². The van der Waals surface area contributed by atoms with Crippen LogP contribution in [-0.2, 0) is 7.05 Å². The third-order valence-corrected chi connectivity index (χ3v) is 4.73. The van der Waals surface area contributed by atoms with Gasteiger partial charge in [0.25, 0.3) is 5.91 Å². The summed E-state index contributed by atoms with van der Waals surface area (Å²) in [7, 11) is 1.76. The lowest BCUT2D eigenvalue weighted by atomic mass is 10.1. The number of carbonyl (C=O) groups is 1. The van der Waals surface area contributed by atoms with Gasteiger partial charge in [0.15, 0.2) is 0 Å². The van der Waals surface area contributed by atoms with Gasteiger partial charge in [0.1, 0.15) is 0 Å². The van der Waals surface area contributed by atoms with Gasteiger partial charge in [-0.1, -0.05) is 23.3 Å². The molecule has 0 aliphatic heterocycles. The smallest absolute Gasteiger partial charge is 0.320 e. The fourth-order valence-electron chi connectivity index (χ4n) is 3.14. The Hall–Kier alpha value is -4.73. The van der Waals surface area contributed by atoms with Crippen molar-refractivity contribution in [2.75, 3.05) is 10.6 Å². The molecule has 2 aromatic carbocycles. The molecule has 10 nitrogen and oxygen atoms in total. The van der Waals surface area contributed by atoms with Gasteiger partial charge >= 0.3 is 6.01 Å². The topological polar surface area (TPSA) is 127 Å². The van der Waals surface area contributed by atoms with Crippen molar-refractivity contribution in [3.8, 4) is 22.6 Å². The Labute approximate surface area is 182 Å². The van der Waals surface area contributed by atoms with Gasteiger partial charge < -0.3 is 15.1 Å². The lowest BCUT2D eigenvalue weighted by Crippen LogP contribution is -2.11. The number of aryl methyl sites for hydroxylation is 1. The molecule has 0 saturated carbocycles. The van der Waals surface area contributed by atoms with Crippen LogP contribution in [0.15, 0.2) is 77.7 Å². The molecule has 0 atom stereocenters. The summed E-state index contributed by atoms with van der Waals surface area (Å²) in [5.74, 6) is 0.0852. The molecule has 0 spiro atoms. The Morgan fingerprint density at radius 3 is 2.62 bits per heavy atom. The van der Waals surface area contributed by atoms with E-state index in [2.05, 4.69) is 36.1 Å². The van der Waals surface area contributed by atoms with Crippen LogP contribution in [0.3, 0.4) is 0 Å². The number of hydrogen-bond acceptors (Lipinski definition) is 7.